The Balaban J connectivity index is 2.99. The van der Waals surface area contributed by atoms with E-state index >= 15 is 0 Å². The molecule has 1 aromatic rings. The molecule has 1 aromatic carbocycles. The maximum Gasteiger partial charge on any atom is 0.361 e. The van der Waals surface area contributed by atoms with E-state index in [1.54, 1.807) is 26.0 Å². The van der Waals surface area contributed by atoms with E-state index in [1.807, 2.05) is 12.1 Å². The van der Waals surface area contributed by atoms with E-state index < -0.39 is 7.60 Å². The zero-order valence-electron chi connectivity index (χ0n) is 9.73. The lowest BCUT2D eigenvalue weighted by Crippen LogP contribution is -2.10. The van der Waals surface area contributed by atoms with Crippen molar-refractivity contribution in [1.82, 2.24) is 0 Å². The van der Waals surface area contributed by atoms with Crippen molar-refractivity contribution in [2.75, 3.05) is 13.2 Å². The lowest BCUT2D eigenvalue weighted by atomic mass is 10.2. The minimum atomic E-state index is -3.15. The molecule has 0 radical (unpaired) electrons. The summed E-state index contributed by atoms with van der Waals surface area (Å²) in [5, 5.41) is 0.589. The Labute approximate surface area is 119 Å². The molecule has 0 aliphatic rings. The van der Waals surface area contributed by atoms with E-state index in [2.05, 4.69) is 31.9 Å². The van der Waals surface area contributed by atoms with Crippen LogP contribution in [0.25, 0.3) is 0 Å². The van der Waals surface area contributed by atoms with E-state index in [4.69, 9.17) is 9.05 Å². The van der Waals surface area contributed by atoms with Gasteiger partial charge in [-0.05, 0) is 31.5 Å². The van der Waals surface area contributed by atoms with Gasteiger partial charge < -0.3 is 9.05 Å². The third-order valence-electron chi connectivity index (χ3n) is 2.06. The molecule has 0 fully saturated rings. The van der Waals surface area contributed by atoms with Crippen molar-refractivity contribution in [3.05, 3.63) is 29.8 Å². The van der Waals surface area contributed by atoms with Crippen molar-refractivity contribution in [2.45, 2.75) is 17.6 Å². The smallest absolute Gasteiger partial charge is 0.305 e. The molecule has 0 saturated heterocycles. The summed E-state index contributed by atoms with van der Waals surface area (Å²) in [5.74, 6) is 0. The molecule has 0 N–H and O–H groups in total. The van der Waals surface area contributed by atoms with E-state index in [0.717, 1.165) is 5.56 Å². The van der Waals surface area contributed by atoms with Crippen LogP contribution in [-0.4, -0.2) is 13.2 Å². The molecule has 0 unspecified atom stereocenters. The molecule has 0 atom stereocenters. The molecular formula is C11H15Br2O3P. The van der Waals surface area contributed by atoms with Crippen molar-refractivity contribution in [3.8, 4) is 0 Å². The molecule has 96 valence electrons. The van der Waals surface area contributed by atoms with Crippen molar-refractivity contribution in [1.29, 1.82) is 0 Å². The molecule has 0 spiro atoms. The first-order valence-electron chi connectivity index (χ1n) is 5.31. The maximum absolute atomic E-state index is 12.4. The molecule has 0 bridgehead atoms. The zero-order chi connectivity index (χ0) is 12.9. The first-order valence-corrected chi connectivity index (χ1v) is 8.68. The second kappa shape index (κ2) is 7.05. The Kier molecular flexibility index (Phi) is 6.38. The van der Waals surface area contributed by atoms with Crippen LogP contribution in [0.15, 0.2) is 24.3 Å². The van der Waals surface area contributed by atoms with Crippen LogP contribution >= 0.6 is 39.5 Å². The average Bonchev–Trinajstić information content (AvgIpc) is 2.30. The van der Waals surface area contributed by atoms with Gasteiger partial charge in [-0.1, -0.05) is 44.0 Å². The number of halogens is 2. The Morgan fingerprint density at radius 1 is 1.12 bits per heavy atom. The number of hydrogen-bond acceptors (Lipinski definition) is 3. The summed E-state index contributed by atoms with van der Waals surface area (Å²) in [6, 6.07) is 7.32. The van der Waals surface area contributed by atoms with E-state index in [9.17, 15) is 4.57 Å². The second-order valence-electron chi connectivity index (χ2n) is 3.23. The van der Waals surface area contributed by atoms with Gasteiger partial charge in [0.25, 0.3) is 0 Å². The molecular weight excluding hydrogens is 371 g/mol. The molecule has 0 amide bonds. The largest absolute Gasteiger partial charge is 0.361 e. The van der Waals surface area contributed by atoms with Gasteiger partial charge in [0.2, 0.25) is 0 Å². The third kappa shape index (κ3) is 4.18. The highest BCUT2D eigenvalue weighted by Crippen LogP contribution is 2.47. The summed E-state index contributed by atoms with van der Waals surface area (Å²) >= 11 is 6.81. The summed E-state index contributed by atoms with van der Waals surface area (Å²) in [6.07, 6.45) is 0. The summed E-state index contributed by atoms with van der Waals surface area (Å²) in [7, 11) is -3.15. The normalized spacial score (nSPS) is 12.1. The SMILES string of the molecule is CCOP(=O)(OCC)c1ccc(C(Br)Br)cc1. The first-order chi connectivity index (χ1) is 8.03. The predicted molar refractivity (Wildman–Crippen MR) is 77.5 cm³/mol. The summed E-state index contributed by atoms with van der Waals surface area (Å²) < 4.78 is 23.0. The van der Waals surface area contributed by atoms with Crippen LogP contribution in [0, 0.1) is 0 Å². The molecule has 17 heavy (non-hydrogen) atoms. The lowest BCUT2D eigenvalue weighted by molar-refractivity contribution is 0.230. The van der Waals surface area contributed by atoms with E-state index in [0.29, 0.717) is 18.5 Å². The van der Waals surface area contributed by atoms with Crippen molar-refractivity contribution in [2.24, 2.45) is 0 Å². The summed E-state index contributed by atoms with van der Waals surface area (Å²) in [5.41, 5.74) is 1.05. The van der Waals surface area contributed by atoms with Crippen molar-refractivity contribution in [3.63, 3.8) is 0 Å². The van der Waals surface area contributed by atoms with Crippen LogP contribution in [0.5, 0.6) is 0 Å². The molecule has 0 saturated carbocycles. The predicted octanol–water partition coefficient (Wildman–Crippen LogP) is 4.37. The van der Waals surface area contributed by atoms with Crippen LogP contribution in [0.2, 0.25) is 0 Å². The molecule has 3 nitrogen and oxygen atoms in total. The summed E-state index contributed by atoms with van der Waals surface area (Å²) in [4.78, 5) is 0. The molecule has 0 aromatic heterocycles. The Bertz CT molecular complexity index is 382. The number of alkyl halides is 2. The highest BCUT2D eigenvalue weighted by molar-refractivity contribution is 9.24. The Morgan fingerprint density at radius 2 is 1.59 bits per heavy atom. The van der Waals surface area contributed by atoms with Crippen LogP contribution in [0.1, 0.15) is 23.1 Å². The average molecular weight is 386 g/mol. The van der Waals surface area contributed by atoms with Crippen LogP contribution in [0.3, 0.4) is 0 Å². The quantitative estimate of drug-likeness (QED) is 0.538. The van der Waals surface area contributed by atoms with Gasteiger partial charge in [-0.25, -0.2) is 0 Å². The van der Waals surface area contributed by atoms with Gasteiger partial charge in [-0.2, -0.15) is 0 Å². The minimum absolute atomic E-state index is 0.0858. The molecule has 0 aliphatic carbocycles. The molecule has 0 heterocycles. The van der Waals surface area contributed by atoms with E-state index in [1.165, 1.54) is 0 Å². The van der Waals surface area contributed by atoms with Gasteiger partial charge in [0.15, 0.2) is 0 Å². The van der Waals surface area contributed by atoms with Gasteiger partial charge in [0.1, 0.15) is 0 Å². The fourth-order valence-electron chi connectivity index (χ4n) is 1.33. The van der Waals surface area contributed by atoms with Crippen LogP contribution in [-0.2, 0) is 13.6 Å². The topological polar surface area (TPSA) is 35.5 Å². The highest BCUT2D eigenvalue weighted by atomic mass is 79.9. The van der Waals surface area contributed by atoms with Crippen LogP contribution < -0.4 is 5.30 Å². The Hall–Kier alpha value is 0.330. The van der Waals surface area contributed by atoms with E-state index in [-0.39, 0.29) is 3.74 Å². The maximum atomic E-state index is 12.4. The number of rotatable bonds is 6. The molecule has 1 rings (SSSR count). The number of hydrogen-bond donors (Lipinski definition) is 0. The highest BCUT2D eigenvalue weighted by Gasteiger charge is 2.26. The van der Waals surface area contributed by atoms with Crippen molar-refractivity contribution < 1.29 is 13.6 Å². The van der Waals surface area contributed by atoms with Gasteiger partial charge in [0.05, 0.1) is 22.3 Å². The fraction of sp³-hybridized carbons (Fsp3) is 0.455. The monoisotopic (exact) mass is 384 g/mol. The van der Waals surface area contributed by atoms with Gasteiger partial charge in [-0.3, -0.25) is 4.57 Å². The van der Waals surface area contributed by atoms with Gasteiger partial charge >= 0.3 is 7.60 Å². The molecule has 6 heteroatoms. The lowest BCUT2D eigenvalue weighted by Gasteiger charge is -2.17. The zero-order valence-corrected chi connectivity index (χ0v) is 13.8. The number of benzene rings is 1. The second-order valence-corrected chi connectivity index (χ2v) is 8.31. The molecule has 0 aliphatic heterocycles. The van der Waals surface area contributed by atoms with Gasteiger partial charge in [0, 0.05) is 0 Å². The summed E-state index contributed by atoms with van der Waals surface area (Å²) in [6.45, 7) is 4.32. The first kappa shape index (κ1) is 15.4. The van der Waals surface area contributed by atoms with Gasteiger partial charge in [-0.15, -0.1) is 0 Å². The van der Waals surface area contributed by atoms with Crippen molar-refractivity contribution >= 4 is 44.8 Å². The Morgan fingerprint density at radius 3 is 1.94 bits per heavy atom. The minimum Gasteiger partial charge on any atom is -0.305 e. The van der Waals surface area contributed by atoms with Crippen LogP contribution in [0.4, 0.5) is 0 Å². The standard InChI is InChI=1S/C11H15Br2O3P/c1-3-15-17(14,16-4-2)10-7-5-9(6-8-10)11(12)13/h5-8,11H,3-4H2,1-2H3. The fourth-order valence-corrected chi connectivity index (χ4v) is 3.51. The third-order valence-corrected chi connectivity index (χ3v) is 5.24.